The minimum Gasteiger partial charge on any atom is -0.381 e. The van der Waals surface area contributed by atoms with Gasteiger partial charge in [-0.05, 0) is 54.8 Å². The molecule has 0 unspecified atom stereocenters. The molecule has 0 saturated carbocycles. The van der Waals surface area contributed by atoms with Gasteiger partial charge in [-0.25, -0.2) is 12.8 Å². The number of ether oxygens (including phenoxy) is 1. The van der Waals surface area contributed by atoms with E-state index < -0.39 is 10.0 Å². The van der Waals surface area contributed by atoms with Gasteiger partial charge in [-0.3, -0.25) is 4.72 Å². The van der Waals surface area contributed by atoms with Crippen LogP contribution in [-0.4, -0.2) is 34.7 Å². The molecule has 0 radical (unpaired) electrons. The van der Waals surface area contributed by atoms with Crippen LogP contribution in [0, 0.1) is 5.82 Å². The molecule has 1 aliphatic rings. The maximum Gasteiger partial charge on any atom is 0.236 e. The van der Waals surface area contributed by atoms with E-state index in [2.05, 4.69) is 9.62 Å². The number of benzene rings is 2. The summed E-state index contributed by atoms with van der Waals surface area (Å²) >= 11 is 0. The van der Waals surface area contributed by atoms with Crippen LogP contribution in [0.1, 0.15) is 18.4 Å². The predicted octanol–water partition coefficient (Wildman–Crippen LogP) is 3.38. The van der Waals surface area contributed by atoms with Crippen LogP contribution in [0.25, 0.3) is 0 Å². The zero-order valence-corrected chi connectivity index (χ0v) is 15.5. The van der Waals surface area contributed by atoms with E-state index in [4.69, 9.17) is 4.74 Å². The van der Waals surface area contributed by atoms with Gasteiger partial charge in [0.2, 0.25) is 10.0 Å². The van der Waals surface area contributed by atoms with Crippen LogP contribution in [0.3, 0.4) is 0 Å². The molecule has 0 atom stereocenters. The minimum atomic E-state index is -3.55. The summed E-state index contributed by atoms with van der Waals surface area (Å²) in [6.07, 6.45) is 2.30. The number of piperidine rings is 1. The van der Waals surface area contributed by atoms with Crippen molar-refractivity contribution in [3.63, 3.8) is 0 Å². The first-order valence-electron chi connectivity index (χ1n) is 8.58. The number of hydrogen-bond donors (Lipinski definition) is 1. The van der Waals surface area contributed by atoms with Gasteiger partial charge in [-0.2, -0.15) is 0 Å². The summed E-state index contributed by atoms with van der Waals surface area (Å²) in [6.45, 7) is 1.85. The third kappa shape index (κ3) is 4.95. The Morgan fingerprint density at radius 1 is 1.08 bits per heavy atom. The third-order valence-electron chi connectivity index (χ3n) is 4.55. The highest BCUT2D eigenvalue weighted by atomic mass is 32.2. The Kier molecular flexibility index (Phi) is 5.78. The van der Waals surface area contributed by atoms with Crippen molar-refractivity contribution in [3.05, 3.63) is 59.9 Å². The molecule has 1 saturated heterocycles. The maximum atomic E-state index is 12.9. The second kappa shape index (κ2) is 8.05. The lowest BCUT2D eigenvalue weighted by Gasteiger charge is -2.33. The summed E-state index contributed by atoms with van der Waals surface area (Å²) in [4.78, 5) is 2.27. The number of halogens is 1. The number of anilines is 2. The summed E-state index contributed by atoms with van der Waals surface area (Å²) in [7, 11) is -1.81. The van der Waals surface area contributed by atoms with E-state index in [1.54, 1.807) is 19.2 Å². The molecule has 140 valence electrons. The average Bonchev–Trinajstić information content (AvgIpc) is 2.64. The Morgan fingerprint density at radius 3 is 2.27 bits per heavy atom. The Morgan fingerprint density at radius 2 is 1.69 bits per heavy atom. The molecule has 7 heteroatoms. The van der Waals surface area contributed by atoms with Gasteiger partial charge in [0.15, 0.2) is 0 Å². The Hall–Kier alpha value is -2.12. The number of rotatable bonds is 6. The summed E-state index contributed by atoms with van der Waals surface area (Å²) in [5.74, 6) is -0.580. The second-order valence-corrected chi connectivity index (χ2v) is 8.18. The number of nitrogens with zero attached hydrogens (tertiary/aromatic N) is 1. The monoisotopic (exact) mass is 378 g/mol. The topological polar surface area (TPSA) is 58.6 Å². The number of methoxy groups -OCH3 is 1. The highest BCUT2D eigenvalue weighted by Crippen LogP contribution is 2.23. The van der Waals surface area contributed by atoms with Gasteiger partial charge < -0.3 is 9.64 Å². The fraction of sp³-hybridized carbons (Fsp3) is 0.368. The van der Waals surface area contributed by atoms with E-state index in [0.717, 1.165) is 31.6 Å². The van der Waals surface area contributed by atoms with Crippen LogP contribution in [-0.2, 0) is 20.5 Å². The molecule has 0 amide bonds. The first-order valence-corrected chi connectivity index (χ1v) is 10.2. The van der Waals surface area contributed by atoms with E-state index in [1.807, 2.05) is 12.1 Å². The summed E-state index contributed by atoms with van der Waals surface area (Å²) in [5.41, 5.74) is 2.13. The molecule has 3 rings (SSSR count). The molecule has 1 N–H and O–H groups in total. The van der Waals surface area contributed by atoms with E-state index in [1.165, 1.54) is 24.3 Å². The van der Waals surface area contributed by atoms with E-state index >= 15 is 0 Å². The fourth-order valence-electron chi connectivity index (χ4n) is 3.11. The standard InChI is InChI=1S/C19H23FN2O3S/c1-25-19-10-12-22(13-11-19)18-8-6-17(7-9-18)21-26(23,24)14-15-2-4-16(20)5-3-15/h2-9,19,21H,10-14H2,1H3. The van der Waals surface area contributed by atoms with Gasteiger partial charge in [0.05, 0.1) is 11.9 Å². The molecule has 2 aromatic carbocycles. The Labute approximate surface area is 153 Å². The van der Waals surface area contributed by atoms with Crippen LogP contribution >= 0.6 is 0 Å². The van der Waals surface area contributed by atoms with Gasteiger partial charge in [-0.15, -0.1) is 0 Å². The lowest BCUT2D eigenvalue weighted by molar-refractivity contribution is 0.0819. The highest BCUT2D eigenvalue weighted by molar-refractivity contribution is 7.91. The lowest BCUT2D eigenvalue weighted by atomic mass is 10.1. The molecule has 1 aliphatic heterocycles. The van der Waals surface area contributed by atoms with Gasteiger partial charge >= 0.3 is 0 Å². The largest absolute Gasteiger partial charge is 0.381 e. The molecular formula is C19H23FN2O3S. The molecule has 0 bridgehead atoms. The van der Waals surface area contributed by atoms with Crippen molar-refractivity contribution >= 4 is 21.4 Å². The molecule has 5 nitrogen and oxygen atoms in total. The van der Waals surface area contributed by atoms with Gasteiger partial charge in [0, 0.05) is 31.6 Å². The molecule has 1 heterocycles. The van der Waals surface area contributed by atoms with Crippen molar-refractivity contribution in [1.82, 2.24) is 0 Å². The first kappa shape index (κ1) is 18.7. The number of hydrogen-bond acceptors (Lipinski definition) is 4. The zero-order chi connectivity index (χ0) is 18.6. The van der Waals surface area contributed by atoms with Gasteiger partial charge in [0.25, 0.3) is 0 Å². The molecule has 26 heavy (non-hydrogen) atoms. The Balaban J connectivity index is 1.60. The van der Waals surface area contributed by atoms with Crippen LogP contribution < -0.4 is 9.62 Å². The van der Waals surface area contributed by atoms with Crippen molar-refractivity contribution in [2.45, 2.75) is 24.7 Å². The summed E-state index contributed by atoms with van der Waals surface area (Å²) < 4.78 is 45.4. The molecule has 0 aliphatic carbocycles. The Bertz CT molecular complexity index is 815. The van der Waals surface area contributed by atoms with E-state index in [-0.39, 0.29) is 11.6 Å². The normalized spacial score (nSPS) is 15.8. The quantitative estimate of drug-likeness (QED) is 0.837. The van der Waals surface area contributed by atoms with Crippen LogP contribution in [0.2, 0.25) is 0 Å². The second-order valence-electron chi connectivity index (χ2n) is 6.46. The van der Waals surface area contributed by atoms with Crippen LogP contribution in [0.4, 0.5) is 15.8 Å². The molecule has 0 aromatic heterocycles. The van der Waals surface area contributed by atoms with Crippen molar-refractivity contribution < 1.29 is 17.5 Å². The van der Waals surface area contributed by atoms with Gasteiger partial charge in [-0.1, -0.05) is 12.1 Å². The minimum absolute atomic E-state index is 0.195. The maximum absolute atomic E-state index is 12.9. The first-order chi connectivity index (χ1) is 12.4. The van der Waals surface area contributed by atoms with Crippen LogP contribution in [0.5, 0.6) is 0 Å². The van der Waals surface area contributed by atoms with Crippen molar-refractivity contribution in [2.75, 3.05) is 29.8 Å². The third-order valence-corrected chi connectivity index (χ3v) is 5.81. The van der Waals surface area contributed by atoms with Gasteiger partial charge in [0.1, 0.15) is 5.82 Å². The molecule has 1 fully saturated rings. The van der Waals surface area contributed by atoms with Crippen molar-refractivity contribution in [1.29, 1.82) is 0 Å². The molecule has 0 spiro atoms. The van der Waals surface area contributed by atoms with Crippen molar-refractivity contribution in [2.24, 2.45) is 0 Å². The fourth-order valence-corrected chi connectivity index (χ4v) is 4.30. The number of sulfonamides is 1. The SMILES string of the molecule is COC1CCN(c2ccc(NS(=O)(=O)Cc3ccc(F)cc3)cc2)CC1. The zero-order valence-electron chi connectivity index (χ0n) is 14.7. The summed E-state index contributed by atoms with van der Waals surface area (Å²) in [5, 5.41) is 0. The van der Waals surface area contributed by atoms with E-state index in [9.17, 15) is 12.8 Å². The van der Waals surface area contributed by atoms with Crippen LogP contribution in [0.15, 0.2) is 48.5 Å². The highest BCUT2D eigenvalue weighted by Gasteiger charge is 2.19. The lowest BCUT2D eigenvalue weighted by Crippen LogP contribution is -2.36. The number of nitrogens with one attached hydrogen (secondary N) is 1. The average molecular weight is 378 g/mol. The molecule has 2 aromatic rings. The summed E-state index contributed by atoms with van der Waals surface area (Å²) in [6, 6.07) is 12.8. The molecular weight excluding hydrogens is 355 g/mol. The van der Waals surface area contributed by atoms with E-state index in [0.29, 0.717) is 17.4 Å². The predicted molar refractivity (Wildman–Crippen MR) is 101 cm³/mol. The van der Waals surface area contributed by atoms with Crippen molar-refractivity contribution in [3.8, 4) is 0 Å². The smallest absolute Gasteiger partial charge is 0.236 e.